The predicted molar refractivity (Wildman–Crippen MR) is 72.6 cm³/mol. The Hall–Kier alpha value is -2.36. The Labute approximate surface area is 111 Å². The van der Waals surface area contributed by atoms with Gasteiger partial charge in [-0.05, 0) is 18.1 Å². The molecule has 1 aromatic carbocycles. The van der Waals surface area contributed by atoms with Crippen molar-refractivity contribution in [1.82, 2.24) is 0 Å². The van der Waals surface area contributed by atoms with Gasteiger partial charge >= 0.3 is 11.9 Å². The molecule has 1 atom stereocenters. The van der Waals surface area contributed by atoms with Gasteiger partial charge in [0, 0.05) is 17.1 Å². The number of hydrogen-bond donors (Lipinski definition) is 2. The van der Waals surface area contributed by atoms with E-state index >= 15 is 0 Å². The van der Waals surface area contributed by atoms with Gasteiger partial charge in [-0.2, -0.15) is 0 Å². The summed E-state index contributed by atoms with van der Waals surface area (Å²) in [5, 5.41) is 18.1. The van der Waals surface area contributed by atoms with Crippen LogP contribution in [0, 0.1) is 5.92 Å². The molecular weight excluding hydrogens is 244 g/mol. The maximum atomic E-state index is 11.2. The van der Waals surface area contributed by atoms with E-state index in [1.165, 1.54) is 6.92 Å². The van der Waals surface area contributed by atoms with Crippen LogP contribution in [0.2, 0.25) is 0 Å². The molecule has 1 aromatic rings. The second-order valence-corrected chi connectivity index (χ2v) is 4.26. The van der Waals surface area contributed by atoms with Crippen molar-refractivity contribution < 1.29 is 19.8 Å². The molecule has 0 heterocycles. The molecule has 0 aromatic heterocycles. The fourth-order valence-corrected chi connectivity index (χ4v) is 1.88. The van der Waals surface area contributed by atoms with E-state index in [0.29, 0.717) is 11.1 Å². The molecule has 19 heavy (non-hydrogen) atoms. The summed E-state index contributed by atoms with van der Waals surface area (Å²) in [6.45, 7) is 6.63. The minimum atomic E-state index is -1.13. The van der Waals surface area contributed by atoms with Gasteiger partial charge in [-0.15, -0.1) is 0 Å². The summed E-state index contributed by atoms with van der Waals surface area (Å²) >= 11 is 0. The van der Waals surface area contributed by atoms with Gasteiger partial charge < -0.3 is 10.2 Å². The number of carboxylic acids is 2. The highest BCUT2D eigenvalue weighted by Crippen LogP contribution is 2.31. The van der Waals surface area contributed by atoms with Gasteiger partial charge in [0.1, 0.15) is 0 Å². The molecule has 4 heteroatoms. The van der Waals surface area contributed by atoms with Crippen molar-refractivity contribution in [2.45, 2.75) is 13.8 Å². The number of hydrogen-bond acceptors (Lipinski definition) is 2. The highest BCUT2D eigenvalue weighted by molar-refractivity contribution is 5.99. The molecule has 0 saturated carbocycles. The molecule has 1 rings (SSSR count). The summed E-state index contributed by atoms with van der Waals surface area (Å²) in [5.74, 6) is -2.76. The van der Waals surface area contributed by atoms with E-state index < -0.39 is 17.9 Å². The maximum Gasteiger partial charge on any atom is 0.331 e. The molecule has 0 aliphatic carbocycles. The van der Waals surface area contributed by atoms with Gasteiger partial charge in [0.15, 0.2) is 0 Å². The third-order valence-electron chi connectivity index (χ3n) is 3.04. The standard InChI is InChI=1S/C15H16O4/c1-9(10(2)14(16)17)13(11(3)15(18)19)12-7-5-4-6-8-12/h4-9H,2H2,1,3H3,(H,16,17)(H,18,19). The first-order valence-electron chi connectivity index (χ1n) is 5.77. The molecule has 0 fully saturated rings. The third-order valence-corrected chi connectivity index (χ3v) is 3.04. The maximum absolute atomic E-state index is 11.2. The number of carboxylic acid groups (broad SMARTS) is 2. The van der Waals surface area contributed by atoms with Gasteiger partial charge in [0.2, 0.25) is 0 Å². The Bertz CT molecular complexity index is 541. The minimum Gasteiger partial charge on any atom is -0.478 e. The van der Waals surface area contributed by atoms with E-state index in [-0.39, 0.29) is 11.1 Å². The lowest BCUT2D eigenvalue weighted by Gasteiger charge is -2.18. The van der Waals surface area contributed by atoms with E-state index in [2.05, 4.69) is 6.58 Å². The first-order valence-corrected chi connectivity index (χ1v) is 5.77. The fourth-order valence-electron chi connectivity index (χ4n) is 1.88. The summed E-state index contributed by atoms with van der Waals surface area (Å²) < 4.78 is 0. The molecule has 100 valence electrons. The number of benzene rings is 1. The third kappa shape index (κ3) is 3.31. The quantitative estimate of drug-likeness (QED) is 0.798. The summed E-state index contributed by atoms with van der Waals surface area (Å²) in [6, 6.07) is 8.89. The Morgan fingerprint density at radius 3 is 2.05 bits per heavy atom. The number of rotatable bonds is 5. The average molecular weight is 260 g/mol. The molecule has 1 unspecified atom stereocenters. The molecule has 0 spiro atoms. The largest absolute Gasteiger partial charge is 0.478 e. The van der Waals surface area contributed by atoms with E-state index in [0.717, 1.165) is 0 Å². The highest BCUT2D eigenvalue weighted by atomic mass is 16.4. The zero-order chi connectivity index (χ0) is 14.6. The minimum absolute atomic E-state index is 0.0283. The Kier molecular flexibility index (Phi) is 4.64. The van der Waals surface area contributed by atoms with Crippen LogP contribution in [0.15, 0.2) is 48.1 Å². The lowest BCUT2D eigenvalue weighted by Crippen LogP contribution is -2.14. The lowest BCUT2D eigenvalue weighted by atomic mass is 9.85. The summed E-state index contributed by atoms with van der Waals surface area (Å²) in [7, 11) is 0. The number of carbonyl (C=O) groups is 2. The lowest BCUT2D eigenvalue weighted by molar-refractivity contribution is -0.134. The van der Waals surface area contributed by atoms with Gasteiger partial charge in [-0.1, -0.05) is 43.8 Å². The van der Waals surface area contributed by atoms with E-state index in [9.17, 15) is 9.59 Å². The summed E-state index contributed by atoms with van der Waals surface area (Å²) in [5.41, 5.74) is 1.26. The van der Waals surface area contributed by atoms with Crippen LogP contribution in [0.3, 0.4) is 0 Å². The van der Waals surface area contributed by atoms with E-state index in [4.69, 9.17) is 10.2 Å². The Balaban J connectivity index is 3.38. The van der Waals surface area contributed by atoms with Crippen LogP contribution < -0.4 is 0 Å². The monoisotopic (exact) mass is 260 g/mol. The Morgan fingerprint density at radius 1 is 1.11 bits per heavy atom. The average Bonchev–Trinajstić information content (AvgIpc) is 2.38. The van der Waals surface area contributed by atoms with Crippen molar-refractivity contribution in [2.75, 3.05) is 0 Å². The normalized spacial score (nSPS) is 13.4. The first-order chi connectivity index (χ1) is 8.86. The number of allylic oxidation sites excluding steroid dienone is 1. The van der Waals surface area contributed by atoms with Crippen molar-refractivity contribution in [2.24, 2.45) is 5.92 Å². The van der Waals surface area contributed by atoms with Crippen LogP contribution >= 0.6 is 0 Å². The SMILES string of the molecule is C=C(C(=O)O)C(C)C(=C(C)C(=O)O)c1ccccc1. The van der Waals surface area contributed by atoms with E-state index in [1.54, 1.807) is 31.2 Å². The molecular formula is C15H16O4. The van der Waals surface area contributed by atoms with Gasteiger partial charge in [-0.25, -0.2) is 9.59 Å². The molecule has 0 saturated heterocycles. The smallest absolute Gasteiger partial charge is 0.331 e. The van der Waals surface area contributed by atoms with Crippen LogP contribution in [-0.2, 0) is 9.59 Å². The summed E-state index contributed by atoms with van der Waals surface area (Å²) in [4.78, 5) is 22.2. The van der Waals surface area contributed by atoms with Crippen molar-refractivity contribution in [1.29, 1.82) is 0 Å². The van der Waals surface area contributed by atoms with Crippen LogP contribution in [0.1, 0.15) is 19.4 Å². The van der Waals surface area contributed by atoms with Crippen molar-refractivity contribution in [3.63, 3.8) is 0 Å². The zero-order valence-electron chi connectivity index (χ0n) is 10.9. The molecule has 0 aliphatic heterocycles. The van der Waals surface area contributed by atoms with Crippen molar-refractivity contribution in [3.8, 4) is 0 Å². The number of aliphatic carboxylic acids is 2. The highest BCUT2D eigenvalue weighted by Gasteiger charge is 2.23. The van der Waals surface area contributed by atoms with Crippen LogP contribution in [0.4, 0.5) is 0 Å². The molecule has 4 nitrogen and oxygen atoms in total. The topological polar surface area (TPSA) is 74.6 Å². The van der Waals surface area contributed by atoms with Crippen LogP contribution in [-0.4, -0.2) is 22.2 Å². The molecule has 0 aliphatic rings. The fraction of sp³-hybridized carbons (Fsp3) is 0.200. The first kappa shape index (κ1) is 14.7. The zero-order valence-corrected chi connectivity index (χ0v) is 10.9. The van der Waals surface area contributed by atoms with Crippen LogP contribution in [0.5, 0.6) is 0 Å². The molecule has 0 amide bonds. The second kappa shape index (κ2) is 6.00. The van der Waals surface area contributed by atoms with Crippen molar-refractivity contribution >= 4 is 17.5 Å². The summed E-state index contributed by atoms with van der Waals surface area (Å²) in [6.07, 6.45) is 0. The predicted octanol–water partition coefficient (Wildman–Crippen LogP) is 2.82. The van der Waals surface area contributed by atoms with Crippen LogP contribution in [0.25, 0.3) is 5.57 Å². The molecule has 0 bridgehead atoms. The van der Waals surface area contributed by atoms with Crippen molar-refractivity contribution in [3.05, 3.63) is 53.6 Å². The van der Waals surface area contributed by atoms with Gasteiger partial charge in [0.25, 0.3) is 0 Å². The van der Waals surface area contributed by atoms with Gasteiger partial charge in [-0.3, -0.25) is 0 Å². The molecule has 2 N–H and O–H groups in total. The van der Waals surface area contributed by atoms with E-state index in [1.807, 2.05) is 6.07 Å². The molecule has 0 radical (unpaired) electrons. The second-order valence-electron chi connectivity index (χ2n) is 4.26. The Morgan fingerprint density at radius 2 is 1.63 bits per heavy atom. The van der Waals surface area contributed by atoms with Gasteiger partial charge in [0.05, 0.1) is 0 Å².